The van der Waals surface area contributed by atoms with Crippen molar-refractivity contribution in [2.75, 3.05) is 0 Å². The maximum Gasteiger partial charge on any atom is 0.121 e. The number of rotatable bonds is 8. The Hall–Kier alpha value is -2.94. The third kappa shape index (κ3) is 3.99. The van der Waals surface area contributed by atoms with E-state index in [2.05, 4.69) is 88.6 Å². The smallest absolute Gasteiger partial charge is 0.121 e. The van der Waals surface area contributed by atoms with E-state index < -0.39 is 0 Å². The first-order chi connectivity index (χ1) is 13.9. The average Bonchev–Trinajstić information content (AvgIpc) is 3.18. The van der Waals surface area contributed by atoms with Crippen molar-refractivity contribution in [3.05, 3.63) is 72.8 Å². The number of hydrogen-bond acceptors (Lipinski definition) is 2. The molecule has 0 radical (unpaired) electrons. The largest absolute Gasteiger partial charge is 0.244 e. The van der Waals surface area contributed by atoms with Gasteiger partial charge in [-0.15, -0.1) is 5.10 Å². The van der Waals surface area contributed by atoms with Crippen molar-refractivity contribution in [3.8, 4) is 22.5 Å². The average molecular weight is 370 g/mol. The monoisotopic (exact) mass is 369 g/mol. The molecule has 3 nitrogen and oxygen atoms in total. The fourth-order valence-corrected chi connectivity index (χ4v) is 3.75. The molecule has 0 bridgehead atoms. The van der Waals surface area contributed by atoms with Crippen LogP contribution in [0.25, 0.3) is 33.3 Å². The van der Waals surface area contributed by atoms with Crippen molar-refractivity contribution in [1.29, 1.82) is 0 Å². The van der Waals surface area contributed by atoms with Gasteiger partial charge in [-0.05, 0) is 23.3 Å². The first-order valence-electron chi connectivity index (χ1n) is 10.3. The summed E-state index contributed by atoms with van der Waals surface area (Å²) in [4.78, 5) is 0. The van der Waals surface area contributed by atoms with Gasteiger partial charge < -0.3 is 0 Å². The van der Waals surface area contributed by atoms with Gasteiger partial charge in [-0.1, -0.05) is 105 Å². The van der Waals surface area contributed by atoms with E-state index in [-0.39, 0.29) is 0 Å². The van der Waals surface area contributed by atoms with Gasteiger partial charge in [0.1, 0.15) is 5.69 Å². The maximum atomic E-state index is 4.57. The van der Waals surface area contributed by atoms with Crippen LogP contribution in [0.3, 0.4) is 0 Å². The van der Waals surface area contributed by atoms with Crippen LogP contribution in [0.5, 0.6) is 0 Å². The molecule has 4 rings (SSSR count). The van der Waals surface area contributed by atoms with Crippen LogP contribution in [0.4, 0.5) is 0 Å². The molecule has 28 heavy (non-hydrogen) atoms. The minimum Gasteiger partial charge on any atom is -0.244 e. The molecule has 1 heterocycles. The van der Waals surface area contributed by atoms with E-state index >= 15 is 0 Å². The van der Waals surface area contributed by atoms with Gasteiger partial charge >= 0.3 is 0 Å². The number of aryl methyl sites for hydroxylation is 1. The lowest BCUT2D eigenvalue weighted by Gasteiger charge is -2.10. The third-order valence-corrected chi connectivity index (χ3v) is 5.28. The molecule has 3 heteroatoms. The van der Waals surface area contributed by atoms with Crippen LogP contribution >= 0.6 is 0 Å². The Balaban J connectivity index is 1.72. The summed E-state index contributed by atoms with van der Waals surface area (Å²) in [6.45, 7) is 3.16. The Labute approximate surface area is 167 Å². The summed E-state index contributed by atoms with van der Waals surface area (Å²) in [7, 11) is 0. The Kier molecular flexibility index (Phi) is 5.81. The molecule has 0 atom stereocenters. The minimum atomic E-state index is 0.908. The first kappa shape index (κ1) is 18.4. The van der Waals surface area contributed by atoms with E-state index in [0.29, 0.717) is 0 Å². The van der Waals surface area contributed by atoms with Crippen molar-refractivity contribution in [2.45, 2.75) is 45.6 Å². The second-order valence-electron chi connectivity index (χ2n) is 7.35. The normalized spacial score (nSPS) is 11.2. The highest BCUT2D eigenvalue weighted by Gasteiger charge is 2.16. The van der Waals surface area contributed by atoms with Crippen LogP contribution in [0, 0.1) is 0 Å². The number of aromatic nitrogens is 3. The molecule has 0 fully saturated rings. The molecule has 0 amide bonds. The van der Waals surface area contributed by atoms with Crippen LogP contribution in [0.1, 0.15) is 39.0 Å². The standard InChI is InChI=1S/C25H27N3/c1-2-3-4-5-11-18-28-25(24(26-27-28)21-13-7-6-8-14-21)23-17-16-20-12-9-10-15-22(20)19-23/h6-10,12-17,19H,2-5,11,18H2,1H3. The van der Waals surface area contributed by atoms with Crippen molar-refractivity contribution in [2.24, 2.45) is 0 Å². The number of nitrogens with zero attached hydrogens (tertiary/aromatic N) is 3. The van der Waals surface area contributed by atoms with E-state index in [9.17, 15) is 0 Å². The first-order valence-corrected chi connectivity index (χ1v) is 10.3. The van der Waals surface area contributed by atoms with Gasteiger partial charge in [0, 0.05) is 17.7 Å². The summed E-state index contributed by atoms with van der Waals surface area (Å²) in [6, 6.07) is 25.5. The topological polar surface area (TPSA) is 30.7 Å². The predicted octanol–water partition coefficient (Wildman–Crippen LogP) is 6.74. The van der Waals surface area contributed by atoms with Crippen LogP contribution in [-0.2, 0) is 6.54 Å². The summed E-state index contributed by atoms with van der Waals surface area (Å²) >= 11 is 0. The fourth-order valence-electron chi connectivity index (χ4n) is 3.75. The summed E-state index contributed by atoms with van der Waals surface area (Å²) in [5.41, 5.74) is 4.37. The summed E-state index contributed by atoms with van der Waals surface area (Å²) < 4.78 is 2.10. The molecule has 0 aliphatic heterocycles. The van der Waals surface area contributed by atoms with Gasteiger partial charge in [0.2, 0.25) is 0 Å². The molecule has 0 saturated heterocycles. The number of hydrogen-bond donors (Lipinski definition) is 0. The molecule has 0 saturated carbocycles. The molecule has 0 aliphatic carbocycles. The number of fused-ring (bicyclic) bond motifs is 1. The molecule has 0 aliphatic rings. The van der Waals surface area contributed by atoms with Crippen LogP contribution in [0.2, 0.25) is 0 Å². The highest BCUT2D eigenvalue weighted by atomic mass is 15.4. The molecule has 0 N–H and O–H groups in total. The Morgan fingerprint density at radius 1 is 0.714 bits per heavy atom. The van der Waals surface area contributed by atoms with Crippen LogP contribution < -0.4 is 0 Å². The van der Waals surface area contributed by atoms with E-state index in [1.165, 1.54) is 42.0 Å². The molecule has 0 spiro atoms. The maximum absolute atomic E-state index is 4.57. The van der Waals surface area contributed by atoms with E-state index in [0.717, 1.165) is 29.9 Å². The summed E-state index contributed by atoms with van der Waals surface area (Å²) in [5, 5.41) is 11.6. The summed E-state index contributed by atoms with van der Waals surface area (Å²) in [6.07, 6.45) is 6.25. The van der Waals surface area contributed by atoms with Gasteiger partial charge in [0.05, 0.1) is 5.69 Å². The molecular weight excluding hydrogens is 342 g/mol. The SMILES string of the molecule is CCCCCCCn1nnc(-c2ccccc2)c1-c1ccc2ccccc2c1. The van der Waals surface area contributed by atoms with Crippen molar-refractivity contribution in [1.82, 2.24) is 15.0 Å². The van der Waals surface area contributed by atoms with E-state index in [1.807, 2.05) is 6.07 Å². The highest BCUT2D eigenvalue weighted by Crippen LogP contribution is 2.32. The number of unbranched alkanes of at least 4 members (excludes halogenated alkanes) is 4. The van der Waals surface area contributed by atoms with Gasteiger partial charge in [-0.2, -0.15) is 0 Å². The van der Waals surface area contributed by atoms with E-state index in [1.54, 1.807) is 0 Å². The molecule has 0 unspecified atom stereocenters. The Bertz CT molecular complexity index is 1030. The molecule has 4 aromatic rings. The van der Waals surface area contributed by atoms with Crippen molar-refractivity contribution >= 4 is 10.8 Å². The zero-order valence-corrected chi connectivity index (χ0v) is 16.5. The molecule has 1 aromatic heterocycles. The molecule has 142 valence electrons. The molecule has 3 aromatic carbocycles. The van der Waals surface area contributed by atoms with Crippen LogP contribution in [0.15, 0.2) is 72.8 Å². The lowest BCUT2D eigenvalue weighted by Crippen LogP contribution is -2.03. The highest BCUT2D eigenvalue weighted by molar-refractivity contribution is 5.89. The third-order valence-electron chi connectivity index (χ3n) is 5.28. The second-order valence-corrected chi connectivity index (χ2v) is 7.35. The van der Waals surface area contributed by atoms with Crippen molar-refractivity contribution in [3.63, 3.8) is 0 Å². The summed E-state index contributed by atoms with van der Waals surface area (Å²) in [5.74, 6) is 0. The van der Waals surface area contributed by atoms with E-state index in [4.69, 9.17) is 0 Å². The lowest BCUT2D eigenvalue weighted by atomic mass is 10.0. The van der Waals surface area contributed by atoms with Gasteiger partial charge in [0.25, 0.3) is 0 Å². The van der Waals surface area contributed by atoms with Gasteiger partial charge in [-0.25, -0.2) is 4.68 Å². The zero-order valence-electron chi connectivity index (χ0n) is 16.5. The van der Waals surface area contributed by atoms with Crippen molar-refractivity contribution < 1.29 is 0 Å². The zero-order chi connectivity index (χ0) is 19.2. The van der Waals surface area contributed by atoms with Crippen LogP contribution in [-0.4, -0.2) is 15.0 Å². The molecular formula is C25H27N3. The lowest BCUT2D eigenvalue weighted by molar-refractivity contribution is 0.524. The fraction of sp³-hybridized carbons (Fsp3) is 0.280. The number of benzene rings is 3. The van der Waals surface area contributed by atoms with Gasteiger partial charge in [-0.3, -0.25) is 0 Å². The Morgan fingerprint density at radius 2 is 1.46 bits per heavy atom. The Morgan fingerprint density at radius 3 is 2.29 bits per heavy atom. The second kappa shape index (κ2) is 8.83. The minimum absolute atomic E-state index is 0.908. The quantitative estimate of drug-likeness (QED) is 0.322. The van der Waals surface area contributed by atoms with Gasteiger partial charge in [0.15, 0.2) is 0 Å². The predicted molar refractivity (Wildman–Crippen MR) is 117 cm³/mol.